The molecule has 1 aliphatic rings. The van der Waals surface area contributed by atoms with Gasteiger partial charge in [-0.05, 0) is 40.8 Å². The molecule has 0 aromatic heterocycles. The van der Waals surface area contributed by atoms with Crippen molar-refractivity contribution in [3.63, 3.8) is 0 Å². The first-order valence-electron chi connectivity index (χ1n) is 4.80. The molecule has 0 saturated heterocycles. The molecule has 0 spiro atoms. The maximum absolute atomic E-state index is 13.3. The largest absolute Gasteiger partial charge is 0.496 e. The van der Waals surface area contributed by atoms with Crippen LogP contribution in [0.3, 0.4) is 0 Å². The van der Waals surface area contributed by atoms with Crippen LogP contribution in [0.2, 0.25) is 0 Å². The summed E-state index contributed by atoms with van der Waals surface area (Å²) < 4.78 is 18.8. The summed E-state index contributed by atoms with van der Waals surface area (Å²) >= 11 is 9.45. The van der Waals surface area contributed by atoms with Crippen LogP contribution in [0.4, 0.5) is 4.39 Å². The molecular formula is C11H11BrClFO. The van der Waals surface area contributed by atoms with E-state index in [-0.39, 0.29) is 11.2 Å². The number of halogens is 3. The third-order valence-corrected chi connectivity index (χ3v) is 3.80. The Labute approximate surface area is 102 Å². The summed E-state index contributed by atoms with van der Waals surface area (Å²) in [7, 11) is 1.53. The number of hydrogen-bond acceptors (Lipinski definition) is 1. The second-order valence-electron chi connectivity index (χ2n) is 3.75. The van der Waals surface area contributed by atoms with E-state index in [9.17, 15) is 4.39 Å². The summed E-state index contributed by atoms with van der Waals surface area (Å²) in [6.45, 7) is 0. The second-order valence-corrected chi connectivity index (χ2v) is 5.07. The summed E-state index contributed by atoms with van der Waals surface area (Å²) in [5, 5.41) is -0.0724. The molecule has 82 valence electrons. The maximum Gasteiger partial charge on any atom is 0.141 e. The minimum atomic E-state index is -0.324. The van der Waals surface area contributed by atoms with Crippen molar-refractivity contribution in [1.29, 1.82) is 0 Å². The SMILES string of the molecule is COc1cc(F)c(Br)cc1C(Cl)C1CC1. The molecule has 1 fully saturated rings. The van der Waals surface area contributed by atoms with E-state index in [0.717, 1.165) is 18.4 Å². The number of methoxy groups -OCH3 is 1. The van der Waals surface area contributed by atoms with Crippen molar-refractivity contribution in [1.82, 2.24) is 0 Å². The van der Waals surface area contributed by atoms with Crippen LogP contribution in [0.15, 0.2) is 16.6 Å². The molecule has 2 rings (SSSR count). The van der Waals surface area contributed by atoms with E-state index in [1.807, 2.05) is 0 Å². The van der Waals surface area contributed by atoms with Crippen molar-refractivity contribution in [2.45, 2.75) is 18.2 Å². The van der Waals surface area contributed by atoms with Gasteiger partial charge in [0.1, 0.15) is 11.6 Å². The minimum absolute atomic E-state index is 0.0724. The molecule has 1 unspecified atom stereocenters. The fraction of sp³-hybridized carbons (Fsp3) is 0.455. The molecule has 1 aromatic rings. The molecule has 0 bridgehead atoms. The molecule has 0 aliphatic heterocycles. The number of ether oxygens (including phenoxy) is 1. The topological polar surface area (TPSA) is 9.23 Å². The Bertz CT molecular complexity index is 379. The Hall–Kier alpha value is -0.280. The highest BCUT2D eigenvalue weighted by molar-refractivity contribution is 9.10. The average Bonchev–Trinajstić information content (AvgIpc) is 3.04. The zero-order valence-corrected chi connectivity index (χ0v) is 10.6. The zero-order valence-electron chi connectivity index (χ0n) is 8.27. The minimum Gasteiger partial charge on any atom is -0.496 e. The lowest BCUT2D eigenvalue weighted by Crippen LogP contribution is -1.98. The van der Waals surface area contributed by atoms with Gasteiger partial charge >= 0.3 is 0 Å². The van der Waals surface area contributed by atoms with E-state index in [2.05, 4.69) is 15.9 Å². The second kappa shape index (κ2) is 4.30. The summed E-state index contributed by atoms with van der Waals surface area (Å²) in [6.07, 6.45) is 2.29. The maximum atomic E-state index is 13.3. The number of benzene rings is 1. The number of rotatable bonds is 3. The first-order chi connectivity index (χ1) is 7.13. The van der Waals surface area contributed by atoms with Crippen LogP contribution in [-0.2, 0) is 0 Å². The molecule has 1 nitrogen and oxygen atoms in total. The van der Waals surface area contributed by atoms with Crippen LogP contribution in [0, 0.1) is 11.7 Å². The average molecular weight is 294 g/mol. The Morgan fingerprint density at radius 3 is 2.73 bits per heavy atom. The van der Waals surface area contributed by atoms with E-state index in [4.69, 9.17) is 16.3 Å². The standard InChI is InChI=1S/C11H11BrClFO/c1-15-10-5-9(14)8(12)4-7(10)11(13)6-2-3-6/h4-6,11H,2-3H2,1H3. The van der Waals surface area contributed by atoms with Gasteiger partial charge in [0.2, 0.25) is 0 Å². The molecule has 1 aromatic carbocycles. The normalized spacial score (nSPS) is 17.6. The first-order valence-corrected chi connectivity index (χ1v) is 6.03. The fourth-order valence-corrected chi connectivity index (χ4v) is 2.36. The molecule has 15 heavy (non-hydrogen) atoms. The van der Waals surface area contributed by atoms with Crippen molar-refractivity contribution in [3.8, 4) is 5.75 Å². The van der Waals surface area contributed by atoms with Crippen molar-refractivity contribution < 1.29 is 9.13 Å². The molecular weight excluding hydrogens is 282 g/mol. The van der Waals surface area contributed by atoms with Gasteiger partial charge in [-0.3, -0.25) is 0 Å². The van der Waals surface area contributed by atoms with Crippen LogP contribution in [0.25, 0.3) is 0 Å². The predicted molar refractivity (Wildman–Crippen MR) is 62.0 cm³/mol. The van der Waals surface area contributed by atoms with E-state index < -0.39 is 0 Å². The van der Waals surface area contributed by atoms with Crippen LogP contribution < -0.4 is 4.74 Å². The molecule has 0 radical (unpaired) electrons. The van der Waals surface area contributed by atoms with E-state index in [1.54, 1.807) is 6.07 Å². The molecule has 1 aliphatic carbocycles. The van der Waals surface area contributed by atoms with Gasteiger partial charge in [0.05, 0.1) is 17.0 Å². The lowest BCUT2D eigenvalue weighted by molar-refractivity contribution is 0.404. The van der Waals surface area contributed by atoms with Crippen molar-refractivity contribution in [2.75, 3.05) is 7.11 Å². The highest BCUT2D eigenvalue weighted by atomic mass is 79.9. The van der Waals surface area contributed by atoms with Crippen LogP contribution >= 0.6 is 27.5 Å². The van der Waals surface area contributed by atoms with Crippen LogP contribution in [-0.4, -0.2) is 7.11 Å². The molecule has 4 heteroatoms. The van der Waals surface area contributed by atoms with Gasteiger partial charge in [-0.25, -0.2) is 4.39 Å². The number of hydrogen-bond donors (Lipinski definition) is 0. The van der Waals surface area contributed by atoms with Gasteiger partial charge in [0, 0.05) is 11.6 Å². The molecule has 0 heterocycles. The smallest absolute Gasteiger partial charge is 0.141 e. The summed E-state index contributed by atoms with van der Waals surface area (Å²) in [5.41, 5.74) is 0.870. The summed E-state index contributed by atoms with van der Waals surface area (Å²) in [5.74, 6) is 0.718. The lowest BCUT2D eigenvalue weighted by Gasteiger charge is -2.14. The predicted octanol–water partition coefficient (Wildman–Crippen LogP) is 4.29. The van der Waals surface area contributed by atoms with Gasteiger partial charge in [0.15, 0.2) is 0 Å². The third-order valence-electron chi connectivity index (χ3n) is 2.61. The van der Waals surface area contributed by atoms with Crippen molar-refractivity contribution >= 4 is 27.5 Å². The lowest BCUT2D eigenvalue weighted by atomic mass is 10.1. The van der Waals surface area contributed by atoms with E-state index >= 15 is 0 Å². The van der Waals surface area contributed by atoms with E-state index in [1.165, 1.54) is 13.2 Å². The Morgan fingerprint density at radius 2 is 2.20 bits per heavy atom. The summed E-state index contributed by atoms with van der Waals surface area (Å²) in [6, 6.07) is 3.08. The third kappa shape index (κ3) is 2.28. The number of alkyl halides is 1. The summed E-state index contributed by atoms with van der Waals surface area (Å²) in [4.78, 5) is 0. The Balaban J connectivity index is 2.39. The van der Waals surface area contributed by atoms with Crippen molar-refractivity contribution in [2.24, 2.45) is 5.92 Å². The monoisotopic (exact) mass is 292 g/mol. The highest BCUT2D eigenvalue weighted by Gasteiger charge is 2.32. The Morgan fingerprint density at radius 1 is 1.53 bits per heavy atom. The molecule has 0 amide bonds. The van der Waals surface area contributed by atoms with Gasteiger partial charge < -0.3 is 4.74 Å². The van der Waals surface area contributed by atoms with Gasteiger partial charge in [-0.1, -0.05) is 0 Å². The highest BCUT2D eigenvalue weighted by Crippen LogP contribution is 2.48. The van der Waals surface area contributed by atoms with Crippen molar-refractivity contribution in [3.05, 3.63) is 28.0 Å². The zero-order chi connectivity index (χ0) is 11.0. The first kappa shape index (κ1) is 11.2. The van der Waals surface area contributed by atoms with Crippen LogP contribution in [0.5, 0.6) is 5.75 Å². The molecule has 1 atom stereocenters. The van der Waals surface area contributed by atoms with E-state index in [0.29, 0.717) is 16.1 Å². The Kier molecular flexibility index (Phi) is 3.21. The quantitative estimate of drug-likeness (QED) is 0.756. The molecule has 0 N–H and O–H groups in total. The molecule has 1 saturated carbocycles. The van der Waals surface area contributed by atoms with Gasteiger partial charge in [-0.2, -0.15) is 0 Å². The van der Waals surface area contributed by atoms with Gasteiger partial charge in [-0.15, -0.1) is 11.6 Å². The van der Waals surface area contributed by atoms with Gasteiger partial charge in [0.25, 0.3) is 0 Å². The van der Waals surface area contributed by atoms with Crippen LogP contribution in [0.1, 0.15) is 23.8 Å². The fourth-order valence-electron chi connectivity index (χ4n) is 1.58.